The van der Waals surface area contributed by atoms with Gasteiger partial charge >= 0.3 is 0 Å². The van der Waals surface area contributed by atoms with Crippen molar-refractivity contribution in [3.63, 3.8) is 0 Å². The van der Waals surface area contributed by atoms with E-state index in [9.17, 15) is 0 Å². The first kappa shape index (κ1) is 12.0. The van der Waals surface area contributed by atoms with Gasteiger partial charge in [0, 0.05) is 26.8 Å². The molecule has 2 rings (SSSR count). The van der Waals surface area contributed by atoms with E-state index in [0.29, 0.717) is 17.8 Å². The van der Waals surface area contributed by atoms with Gasteiger partial charge in [-0.25, -0.2) is 0 Å². The van der Waals surface area contributed by atoms with Crippen LogP contribution in [0.5, 0.6) is 0 Å². The largest absolute Gasteiger partial charge is 0.394 e. The van der Waals surface area contributed by atoms with E-state index in [1.54, 1.807) is 16.9 Å². The number of nitrogens with zero attached hydrogens (tertiary/aromatic N) is 4. The summed E-state index contributed by atoms with van der Waals surface area (Å²) in [5.74, 6) is 0.750. The lowest BCUT2D eigenvalue weighted by atomic mass is 10.1. The quantitative estimate of drug-likeness (QED) is 0.884. The molecule has 0 saturated carbocycles. The number of rotatable bonds is 3. The Bertz CT molecular complexity index is 594. The van der Waals surface area contributed by atoms with Crippen molar-refractivity contribution in [2.75, 3.05) is 17.7 Å². The molecular formula is C13H15N5. The molecule has 0 bridgehead atoms. The molecule has 1 aromatic heterocycles. The molecule has 0 spiro atoms. The average molecular weight is 241 g/mol. The van der Waals surface area contributed by atoms with Crippen LogP contribution in [0.4, 0.5) is 11.5 Å². The minimum Gasteiger partial charge on any atom is -0.394 e. The van der Waals surface area contributed by atoms with Gasteiger partial charge in [0.2, 0.25) is 0 Å². The number of hydrogen-bond acceptors (Lipinski definition) is 4. The summed E-state index contributed by atoms with van der Waals surface area (Å²) >= 11 is 0. The van der Waals surface area contributed by atoms with Crippen LogP contribution in [-0.4, -0.2) is 16.8 Å². The van der Waals surface area contributed by atoms with Crippen LogP contribution in [-0.2, 0) is 13.6 Å². The fraction of sp³-hybridized carbons (Fsp3) is 0.231. The van der Waals surface area contributed by atoms with Gasteiger partial charge in [0.1, 0.15) is 0 Å². The summed E-state index contributed by atoms with van der Waals surface area (Å²) in [6.45, 7) is 0.663. The topological polar surface area (TPSA) is 70.9 Å². The van der Waals surface area contributed by atoms with E-state index in [0.717, 1.165) is 11.4 Å². The number of aromatic nitrogens is 2. The smallest absolute Gasteiger partial charge is 0.173 e. The Hall–Kier alpha value is -2.48. The van der Waals surface area contributed by atoms with Gasteiger partial charge in [0.25, 0.3) is 0 Å². The van der Waals surface area contributed by atoms with Gasteiger partial charge < -0.3 is 10.6 Å². The van der Waals surface area contributed by atoms with Crippen molar-refractivity contribution < 1.29 is 0 Å². The van der Waals surface area contributed by atoms with Crippen molar-refractivity contribution in [2.45, 2.75) is 6.54 Å². The van der Waals surface area contributed by atoms with Gasteiger partial charge in [0.15, 0.2) is 5.82 Å². The summed E-state index contributed by atoms with van der Waals surface area (Å²) in [6.07, 6.45) is 1.78. The van der Waals surface area contributed by atoms with E-state index in [1.807, 2.05) is 37.2 Å². The predicted molar refractivity (Wildman–Crippen MR) is 70.9 cm³/mol. The van der Waals surface area contributed by atoms with Crippen LogP contribution in [0.25, 0.3) is 0 Å². The lowest BCUT2D eigenvalue weighted by Gasteiger charge is -2.17. The van der Waals surface area contributed by atoms with E-state index >= 15 is 0 Å². The molecule has 5 nitrogen and oxygen atoms in total. The summed E-state index contributed by atoms with van der Waals surface area (Å²) < 4.78 is 1.69. The molecule has 0 amide bonds. The molecule has 18 heavy (non-hydrogen) atoms. The molecule has 1 heterocycles. The standard InChI is InChI=1S/C13H15N5/c1-17(13-12(15)9-18(2)16-13)8-11-5-3-4-10(6-11)7-14/h3-6,9H,8,15H2,1-2H3. The number of nitrogens with two attached hydrogens (primary N) is 1. The van der Waals surface area contributed by atoms with Crippen molar-refractivity contribution in [1.29, 1.82) is 5.26 Å². The third-order valence-corrected chi connectivity index (χ3v) is 2.67. The fourth-order valence-corrected chi connectivity index (χ4v) is 1.88. The van der Waals surface area contributed by atoms with Gasteiger partial charge in [-0.3, -0.25) is 4.68 Å². The second-order valence-electron chi connectivity index (χ2n) is 4.25. The maximum Gasteiger partial charge on any atom is 0.173 e. The molecule has 5 heteroatoms. The number of hydrogen-bond donors (Lipinski definition) is 1. The van der Waals surface area contributed by atoms with Crippen LogP contribution in [0.1, 0.15) is 11.1 Å². The highest BCUT2D eigenvalue weighted by Crippen LogP contribution is 2.20. The van der Waals surface area contributed by atoms with Crippen LogP contribution < -0.4 is 10.6 Å². The van der Waals surface area contributed by atoms with Crippen LogP contribution in [0.3, 0.4) is 0 Å². The molecule has 0 unspecified atom stereocenters. The highest BCUT2D eigenvalue weighted by Gasteiger charge is 2.10. The first-order valence-corrected chi connectivity index (χ1v) is 5.59. The molecule has 0 fully saturated rings. The normalized spacial score (nSPS) is 10.1. The van der Waals surface area contributed by atoms with Gasteiger partial charge in [-0.1, -0.05) is 12.1 Å². The Morgan fingerprint density at radius 2 is 2.28 bits per heavy atom. The van der Waals surface area contributed by atoms with Crippen LogP contribution in [0.15, 0.2) is 30.5 Å². The molecule has 0 aliphatic heterocycles. The van der Waals surface area contributed by atoms with Crippen molar-refractivity contribution >= 4 is 11.5 Å². The Morgan fingerprint density at radius 3 is 2.89 bits per heavy atom. The number of aryl methyl sites for hydroxylation is 1. The van der Waals surface area contributed by atoms with E-state index in [-0.39, 0.29) is 0 Å². The first-order valence-electron chi connectivity index (χ1n) is 5.59. The van der Waals surface area contributed by atoms with Crippen LogP contribution in [0, 0.1) is 11.3 Å². The van der Waals surface area contributed by atoms with Crippen molar-refractivity contribution in [3.8, 4) is 6.07 Å². The molecule has 0 aliphatic carbocycles. The van der Waals surface area contributed by atoms with Gasteiger partial charge in [-0.2, -0.15) is 10.4 Å². The first-order chi connectivity index (χ1) is 8.60. The highest BCUT2D eigenvalue weighted by atomic mass is 15.3. The SMILES string of the molecule is CN(Cc1cccc(C#N)c1)c1nn(C)cc1N. The summed E-state index contributed by atoms with van der Waals surface area (Å²) in [5.41, 5.74) is 8.24. The molecule has 2 aromatic rings. The lowest BCUT2D eigenvalue weighted by molar-refractivity contribution is 0.752. The zero-order valence-electron chi connectivity index (χ0n) is 10.5. The maximum atomic E-state index is 8.86. The van der Waals surface area contributed by atoms with Crippen LogP contribution in [0.2, 0.25) is 0 Å². The second kappa shape index (κ2) is 4.80. The molecule has 0 atom stereocenters. The summed E-state index contributed by atoms with van der Waals surface area (Å²) in [5, 5.41) is 13.2. The minimum atomic E-state index is 0.649. The van der Waals surface area contributed by atoms with E-state index in [2.05, 4.69) is 11.2 Å². The van der Waals surface area contributed by atoms with Crippen molar-refractivity contribution in [3.05, 3.63) is 41.6 Å². The van der Waals surface area contributed by atoms with Gasteiger partial charge in [-0.15, -0.1) is 0 Å². The summed E-state index contributed by atoms with van der Waals surface area (Å²) in [6, 6.07) is 9.65. The fourth-order valence-electron chi connectivity index (χ4n) is 1.88. The second-order valence-corrected chi connectivity index (χ2v) is 4.25. The lowest BCUT2D eigenvalue weighted by Crippen LogP contribution is -2.18. The number of nitriles is 1. The van der Waals surface area contributed by atoms with Gasteiger partial charge in [0.05, 0.1) is 17.3 Å². The van der Waals surface area contributed by atoms with E-state index in [1.165, 1.54) is 0 Å². The summed E-state index contributed by atoms with van der Waals surface area (Å²) in [7, 11) is 3.77. The zero-order valence-corrected chi connectivity index (χ0v) is 10.5. The Kier molecular flexibility index (Phi) is 3.20. The molecule has 0 saturated heterocycles. The van der Waals surface area contributed by atoms with E-state index < -0.39 is 0 Å². The maximum absolute atomic E-state index is 8.86. The third kappa shape index (κ3) is 2.43. The molecule has 1 aromatic carbocycles. The van der Waals surface area contributed by atoms with Gasteiger partial charge in [-0.05, 0) is 17.7 Å². The number of nitrogen functional groups attached to an aromatic ring is 1. The van der Waals surface area contributed by atoms with Crippen LogP contribution >= 0.6 is 0 Å². The number of anilines is 2. The monoisotopic (exact) mass is 241 g/mol. The average Bonchev–Trinajstić information content (AvgIpc) is 2.69. The Balaban J connectivity index is 2.18. The van der Waals surface area contributed by atoms with Crippen molar-refractivity contribution in [2.24, 2.45) is 7.05 Å². The Morgan fingerprint density at radius 1 is 1.50 bits per heavy atom. The highest BCUT2D eigenvalue weighted by molar-refractivity contribution is 5.61. The summed E-state index contributed by atoms with van der Waals surface area (Å²) in [4.78, 5) is 1.96. The zero-order chi connectivity index (χ0) is 13.1. The minimum absolute atomic E-state index is 0.649. The van der Waals surface area contributed by atoms with Crippen molar-refractivity contribution in [1.82, 2.24) is 9.78 Å². The predicted octanol–water partition coefficient (Wildman–Crippen LogP) is 1.51. The molecule has 92 valence electrons. The molecule has 0 radical (unpaired) electrons. The molecule has 2 N–H and O–H groups in total. The Labute approximate surface area is 106 Å². The van der Waals surface area contributed by atoms with E-state index in [4.69, 9.17) is 11.0 Å². The third-order valence-electron chi connectivity index (χ3n) is 2.67. The molecular weight excluding hydrogens is 226 g/mol. The molecule has 0 aliphatic rings. The number of benzene rings is 1.